The van der Waals surface area contributed by atoms with Crippen molar-refractivity contribution in [1.29, 1.82) is 10.8 Å². The van der Waals surface area contributed by atoms with E-state index in [1.165, 1.54) is 0 Å². The van der Waals surface area contributed by atoms with E-state index in [2.05, 4.69) is 15.9 Å². The largest absolute Gasteiger partial charge is 0.303 e. The number of hydrogen-bond donors (Lipinski definition) is 2. The first-order valence-electron chi connectivity index (χ1n) is 6.00. The van der Waals surface area contributed by atoms with Gasteiger partial charge in [0.25, 0.3) is 0 Å². The Morgan fingerprint density at radius 1 is 1.33 bits per heavy atom. The van der Waals surface area contributed by atoms with Gasteiger partial charge < -0.3 is 10.8 Å². The van der Waals surface area contributed by atoms with Crippen LogP contribution in [0.4, 0.5) is 0 Å². The zero-order chi connectivity index (χ0) is 13.3. The lowest BCUT2D eigenvalue weighted by Gasteiger charge is -2.28. The molecule has 1 unspecified atom stereocenters. The van der Waals surface area contributed by atoms with Crippen LogP contribution in [0, 0.1) is 16.7 Å². The molecule has 0 saturated heterocycles. The van der Waals surface area contributed by atoms with Crippen LogP contribution in [0.15, 0.2) is 28.7 Å². The van der Waals surface area contributed by atoms with E-state index in [1.54, 1.807) is 0 Å². The molecule has 4 heteroatoms. The Bertz CT molecular complexity index is 524. The minimum atomic E-state index is -0.374. The minimum absolute atomic E-state index is 0.0866. The van der Waals surface area contributed by atoms with E-state index in [9.17, 15) is 4.79 Å². The molecule has 1 saturated carbocycles. The number of Topliss-reactive ketones (excluding diaryl/α,β-unsaturated/α-hetero) is 1. The summed E-state index contributed by atoms with van der Waals surface area (Å²) in [7, 11) is 0. The van der Waals surface area contributed by atoms with Crippen molar-refractivity contribution in [3.8, 4) is 0 Å². The van der Waals surface area contributed by atoms with Crippen molar-refractivity contribution in [1.82, 2.24) is 0 Å². The molecular formula is C14H15BrN2O. The predicted molar refractivity (Wildman–Crippen MR) is 75.7 cm³/mol. The summed E-state index contributed by atoms with van der Waals surface area (Å²) in [4.78, 5) is 12.0. The number of nitrogens with one attached hydrogen (secondary N) is 2. The van der Waals surface area contributed by atoms with Crippen molar-refractivity contribution >= 4 is 33.1 Å². The standard InChI is InChI=1S/C14H15BrN2O/c1-2-10-12(18)7-11(14(17)13(10)16)8-4-3-5-9(15)6-8/h3-6,10-11,16-17H,2,7H2,1H3/t10?,11-/m1/s1. The van der Waals surface area contributed by atoms with E-state index >= 15 is 0 Å². The highest BCUT2D eigenvalue weighted by Gasteiger charge is 2.36. The van der Waals surface area contributed by atoms with Crippen LogP contribution in [0.1, 0.15) is 31.2 Å². The second-order valence-electron chi connectivity index (χ2n) is 4.57. The van der Waals surface area contributed by atoms with E-state index in [-0.39, 0.29) is 23.3 Å². The highest BCUT2D eigenvalue weighted by atomic mass is 79.9. The summed E-state index contributed by atoms with van der Waals surface area (Å²) in [5, 5.41) is 16.1. The molecule has 2 N–H and O–H groups in total. The van der Waals surface area contributed by atoms with Crippen molar-refractivity contribution in [3.05, 3.63) is 34.3 Å². The SMILES string of the molecule is CCC1C(=N)C(=N)[C@@H](c2cccc(Br)c2)CC1=O. The van der Waals surface area contributed by atoms with Gasteiger partial charge in [0.05, 0.1) is 17.3 Å². The molecule has 2 rings (SSSR count). The number of rotatable bonds is 2. The monoisotopic (exact) mass is 306 g/mol. The van der Waals surface area contributed by atoms with Gasteiger partial charge in [-0.2, -0.15) is 0 Å². The first-order chi connectivity index (χ1) is 8.54. The van der Waals surface area contributed by atoms with Crippen LogP contribution in [0.2, 0.25) is 0 Å². The van der Waals surface area contributed by atoms with E-state index in [0.29, 0.717) is 18.6 Å². The molecule has 0 amide bonds. The molecule has 1 aliphatic carbocycles. The van der Waals surface area contributed by atoms with Crippen molar-refractivity contribution in [2.75, 3.05) is 0 Å². The van der Waals surface area contributed by atoms with Crippen molar-refractivity contribution in [3.63, 3.8) is 0 Å². The van der Waals surface area contributed by atoms with Crippen molar-refractivity contribution < 1.29 is 4.79 Å². The quantitative estimate of drug-likeness (QED) is 0.862. The summed E-state index contributed by atoms with van der Waals surface area (Å²) < 4.78 is 0.935. The summed E-state index contributed by atoms with van der Waals surface area (Å²) in [6.07, 6.45) is 0.960. The summed E-state index contributed by atoms with van der Waals surface area (Å²) in [6.45, 7) is 1.89. The molecule has 1 aromatic rings. The molecule has 0 bridgehead atoms. The molecule has 3 nitrogen and oxygen atoms in total. The predicted octanol–water partition coefficient (Wildman–Crippen LogP) is 3.57. The smallest absolute Gasteiger partial charge is 0.142 e. The lowest BCUT2D eigenvalue weighted by atomic mass is 9.74. The number of benzene rings is 1. The number of hydrogen-bond acceptors (Lipinski definition) is 3. The fourth-order valence-corrected chi connectivity index (χ4v) is 2.84. The molecule has 18 heavy (non-hydrogen) atoms. The molecule has 1 aromatic carbocycles. The third-order valence-corrected chi connectivity index (χ3v) is 3.93. The van der Waals surface area contributed by atoms with E-state index in [0.717, 1.165) is 10.0 Å². The fourth-order valence-electron chi connectivity index (χ4n) is 2.42. The first-order valence-corrected chi connectivity index (χ1v) is 6.79. The summed E-state index contributed by atoms with van der Waals surface area (Å²) >= 11 is 3.40. The maximum Gasteiger partial charge on any atom is 0.142 e. The van der Waals surface area contributed by atoms with Gasteiger partial charge in [-0.25, -0.2) is 0 Å². The molecule has 0 spiro atoms. The highest BCUT2D eigenvalue weighted by Crippen LogP contribution is 2.31. The van der Waals surface area contributed by atoms with Crippen LogP contribution in [-0.4, -0.2) is 17.2 Å². The number of halogens is 1. The second-order valence-corrected chi connectivity index (χ2v) is 5.48. The number of ketones is 1. The molecule has 0 radical (unpaired) electrons. The second kappa shape index (κ2) is 5.14. The lowest BCUT2D eigenvalue weighted by Crippen LogP contribution is -2.39. The van der Waals surface area contributed by atoms with Crippen LogP contribution < -0.4 is 0 Å². The Kier molecular flexibility index (Phi) is 3.76. The van der Waals surface area contributed by atoms with E-state index in [1.807, 2.05) is 31.2 Å². The summed E-state index contributed by atoms with van der Waals surface area (Å²) in [5.41, 5.74) is 1.42. The van der Waals surface area contributed by atoms with E-state index < -0.39 is 0 Å². The average Bonchev–Trinajstić information content (AvgIpc) is 2.34. The molecule has 0 heterocycles. The Morgan fingerprint density at radius 3 is 2.67 bits per heavy atom. The highest BCUT2D eigenvalue weighted by molar-refractivity contribution is 9.10. The fraction of sp³-hybridized carbons (Fsp3) is 0.357. The normalized spacial score (nSPS) is 24.4. The van der Waals surface area contributed by atoms with Crippen molar-refractivity contribution in [2.45, 2.75) is 25.7 Å². The van der Waals surface area contributed by atoms with Crippen LogP contribution in [0.25, 0.3) is 0 Å². The lowest BCUT2D eigenvalue weighted by molar-refractivity contribution is -0.121. The molecule has 1 fully saturated rings. The Balaban J connectivity index is 2.34. The Morgan fingerprint density at radius 2 is 2.06 bits per heavy atom. The molecule has 1 aliphatic rings. The van der Waals surface area contributed by atoms with Crippen LogP contribution >= 0.6 is 15.9 Å². The van der Waals surface area contributed by atoms with Crippen LogP contribution in [0.5, 0.6) is 0 Å². The molecule has 0 aliphatic heterocycles. The van der Waals surface area contributed by atoms with Gasteiger partial charge in [0.1, 0.15) is 5.78 Å². The third-order valence-electron chi connectivity index (χ3n) is 3.44. The topological polar surface area (TPSA) is 64.8 Å². The van der Waals surface area contributed by atoms with Crippen molar-refractivity contribution in [2.24, 2.45) is 5.92 Å². The zero-order valence-electron chi connectivity index (χ0n) is 10.2. The van der Waals surface area contributed by atoms with Gasteiger partial charge in [0.15, 0.2) is 0 Å². The molecular weight excluding hydrogens is 292 g/mol. The van der Waals surface area contributed by atoms with Gasteiger partial charge in [0, 0.05) is 16.8 Å². The van der Waals surface area contributed by atoms with Gasteiger partial charge in [-0.15, -0.1) is 0 Å². The Hall–Kier alpha value is -1.29. The average molecular weight is 307 g/mol. The van der Waals surface area contributed by atoms with Gasteiger partial charge in [-0.05, 0) is 24.1 Å². The zero-order valence-corrected chi connectivity index (χ0v) is 11.8. The summed E-state index contributed by atoms with van der Waals surface area (Å²) in [6, 6.07) is 7.65. The van der Waals surface area contributed by atoms with Gasteiger partial charge in [-0.1, -0.05) is 35.0 Å². The molecule has 2 atom stereocenters. The third kappa shape index (κ3) is 2.29. The number of carbonyl (C=O) groups excluding carboxylic acids is 1. The van der Waals surface area contributed by atoms with Gasteiger partial charge in [0.2, 0.25) is 0 Å². The maximum absolute atomic E-state index is 12.0. The first kappa shape index (κ1) is 13.1. The maximum atomic E-state index is 12.0. The van der Waals surface area contributed by atoms with Crippen LogP contribution in [0.3, 0.4) is 0 Å². The number of carbonyl (C=O) groups is 1. The minimum Gasteiger partial charge on any atom is -0.303 e. The molecule has 0 aromatic heterocycles. The van der Waals surface area contributed by atoms with Crippen LogP contribution in [-0.2, 0) is 4.79 Å². The summed E-state index contributed by atoms with van der Waals surface area (Å²) in [5.74, 6) is -0.547. The van der Waals surface area contributed by atoms with Gasteiger partial charge >= 0.3 is 0 Å². The molecule has 94 valence electrons. The Labute approximate surface area is 115 Å². The van der Waals surface area contributed by atoms with Gasteiger partial charge in [-0.3, -0.25) is 4.79 Å². The van der Waals surface area contributed by atoms with E-state index in [4.69, 9.17) is 10.8 Å².